The molecule has 1 aliphatic rings. The Kier molecular flexibility index (Phi) is 3.84. The first-order valence-electron chi connectivity index (χ1n) is 7.16. The Labute approximate surface area is 140 Å². The van der Waals surface area contributed by atoms with Crippen LogP contribution in [0.15, 0.2) is 28.7 Å². The maximum atomic E-state index is 12.5. The normalized spacial score (nSPS) is 13.1. The van der Waals surface area contributed by atoms with Crippen molar-refractivity contribution in [1.82, 2.24) is 4.90 Å². The first-order chi connectivity index (χ1) is 11.8. The maximum Gasteiger partial charge on any atom is 0.341 e. The van der Waals surface area contributed by atoms with Gasteiger partial charge in [-0.05, 0) is 19.1 Å². The number of amides is 2. The number of nitro groups is 1. The van der Waals surface area contributed by atoms with Crippen LogP contribution in [0.25, 0.3) is 0 Å². The summed E-state index contributed by atoms with van der Waals surface area (Å²) in [5.74, 6) is -1.57. The minimum Gasteiger partial charge on any atom is -0.465 e. The molecule has 1 aliphatic heterocycles. The number of imide groups is 1. The number of hydrogen-bond donors (Lipinski definition) is 0. The van der Waals surface area contributed by atoms with E-state index in [2.05, 4.69) is 4.74 Å². The summed E-state index contributed by atoms with van der Waals surface area (Å²) in [6, 6.07) is 5.24. The third-order valence-corrected chi connectivity index (χ3v) is 3.86. The van der Waals surface area contributed by atoms with Crippen molar-refractivity contribution in [3.05, 3.63) is 62.6 Å². The highest BCUT2D eigenvalue weighted by molar-refractivity contribution is 6.23. The number of carbonyl (C=O) groups is 3. The molecule has 128 valence electrons. The number of fused-ring (bicyclic) bond motifs is 1. The number of esters is 1. The van der Waals surface area contributed by atoms with Crippen molar-refractivity contribution in [2.75, 3.05) is 7.11 Å². The van der Waals surface area contributed by atoms with Gasteiger partial charge in [0.05, 0.1) is 24.1 Å². The van der Waals surface area contributed by atoms with Crippen molar-refractivity contribution in [3.63, 3.8) is 0 Å². The number of hydrogen-bond acceptors (Lipinski definition) is 7. The lowest BCUT2D eigenvalue weighted by Gasteiger charge is -2.11. The largest absolute Gasteiger partial charge is 0.465 e. The Morgan fingerprint density at radius 1 is 1.32 bits per heavy atom. The van der Waals surface area contributed by atoms with E-state index in [1.165, 1.54) is 31.4 Å². The van der Waals surface area contributed by atoms with Crippen LogP contribution in [-0.2, 0) is 11.3 Å². The third kappa shape index (κ3) is 2.55. The molecule has 2 amide bonds. The van der Waals surface area contributed by atoms with Crippen molar-refractivity contribution in [1.29, 1.82) is 0 Å². The smallest absolute Gasteiger partial charge is 0.341 e. The molecule has 0 bridgehead atoms. The van der Waals surface area contributed by atoms with Crippen molar-refractivity contribution in [2.24, 2.45) is 0 Å². The second-order valence-electron chi connectivity index (χ2n) is 5.33. The van der Waals surface area contributed by atoms with Crippen LogP contribution in [-0.4, -0.2) is 34.7 Å². The number of ether oxygens (including phenoxy) is 1. The molecule has 0 atom stereocenters. The molecule has 9 heteroatoms. The van der Waals surface area contributed by atoms with Crippen LogP contribution in [0.5, 0.6) is 0 Å². The lowest BCUT2D eigenvalue weighted by Crippen LogP contribution is -2.29. The minimum atomic E-state index is -0.777. The molecule has 0 spiro atoms. The molecular formula is C16H12N2O7. The zero-order chi connectivity index (χ0) is 18.3. The van der Waals surface area contributed by atoms with Gasteiger partial charge < -0.3 is 9.15 Å². The summed E-state index contributed by atoms with van der Waals surface area (Å²) in [4.78, 5) is 47.7. The van der Waals surface area contributed by atoms with Crippen LogP contribution in [0.1, 0.15) is 42.6 Å². The molecule has 0 aliphatic carbocycles. The molecule has 0 saturated heterocycles. The number of methoxy groups -OCH3 is 1. The third-order valence-electron chi connectivity index (χ3n) is 3.86. The number of nitrogens with zero attached hydrogens (tertiary/aromatic N) is 2. The molecular weight excluding hydrogens is 332 g/mol. The van der Waals surface area contributed by atoms with Crippen molar-refractivity contribution in [3.8, 4) is 0 Å². The maximum absolute atomic E-state index is 12.5. The fourth-order valence-electron chi connectivity index (χ4n) is 2.70. The summed E-state index contributed by atoms with van der Waals surface area (Å²) in [6.07, 6.45) is 0. The standard InChI is InChI=1S/C16H12N2O7/c1-8-11(16(21)24-2)6-9(25-8)7-17-14(19)10-4-3-5-12(18(22)23)13(10)15(17)20/h3-6H,7H2,1-2H3. The Bertz CT molecular complexity index is 929. The Morgan fingerprint density at radius 2 is 2.04 bits per heavy atom. The Hall–Kier alpha value is -3.49. The van der Waals surface area contributed by atoms with E-state index in [0.29, 0.717) is 0 Å². The molecule has 3 rings (SSSR count). The molecule has 1 aromatic heterocycles. The first kappa shape index (κ1) is 16.4. The molecule has 1 aromatic carbocycles. The first-order valence-corrected chi connectivity index (χ1v) is 7.16. The average molecular weight is 344 g/mol. The summed E-state index contributed by atoms with van der Waals surface area (Å²) in [6.45, 7) is 1.30. The SMILES string of the molecule is COC(=O)c1cc(CN2C(=O)c3cccc([N+](=O)[O-])c3C2=O)oc1C. The van der Waals surface area contributed by atoms with Gasteiger partial charge in [0, 0.05) is 6.07 Å². The van der Waals surface area contributed by atoms with Gasteiger partial charge in [0.2, 0.25) is 0 Å². The van der Waals surface area contributed by atoms with Gasteiger partial charge in [-0.15, -0.1) is 0 Å². The predicted molar refractivity (Wildman–Crippen MR) is 82.1 cm³/mol. The molecule has 0 unspecified atom stereocenters. The molecule has 2 aromatic rings. The summed E-state index contributed by atoms with van der Waals surface area (Å²) < 4.78 is 10.0. The zero-order valence-electron chi connectivity index (χ0n) is 13.3. The van der Waals surface area contributed by atoms with Gasteiger partial charge in [-0.3, -0.25) is 24.6 Å². The van der Waals surface area contributed by atoms with Crippen molar-refractivity contribution < 1.29 is 28.5 Å². The summed E-state index contributed by atoms with van der Waals surface area (Å²) >= 11 is 0. The van der Waals surface area contributed by atoms with Gasteiger partial charge in [0.25, 0.3) is 17.5 Å². The van der Waals surface area contributed by atoms with Crippen LogP contribution in [0.3, 0.4) is 0 Å². The van der Waals surface area contributed by atoms with Crippen LogP contribution >= 0.6 is 0 Å². The highest BCUT2D eigenvalue weighted by Gasteiger charge is 2.41. The number of rotatable bonds is 4. The molecule has 0 radical (unpaired) electrons. The van der Waals surface area contributed by atoms with E-state index in [0.717, 1.165) is 4.90 Å². The van der Waals surface area contributed by atoms with Gasteiger partial charge >= 0.3 is 5.97 Å². The van der Waals surface area contributed by atoms with Crippen molar-refractivity contribution in [2.45, 2.75) is 13.5 Å². The van der Waals surface area contributed by atoms with Crippen LogP contribution in [0, 0.1) is 17.0 Å². The summed E-state index contributed by atoms with van der Waals surface area (Å²) in [7, 11) is 1.22. The fourth-order valence-corrected chi connectivity index (χ4v) is 2.70. The highest BCUT2D eigenvalue weighted by atomic mass is 16.6. The van der Waals surface area contributed by atoms with Gasteiger partial charge in [-0.1, -0.05) is 6.07 Å². The van der Waals surface area contributed by atoms with Crippen LogP contribution < -0.4 is 0 Å². The van der Waals surface area contributed by atoms with Gasteiger partial charge in [-0.25, -0.2) is 4.79 Å². The number of benzene rings is 1. The second-order valence-corrected chi connectivity index (χ2v) is 5.33. The molecule has 0 N–H and O–H groups in total. The average Bonchev–Trinajstić information content (AvgIpc) is 3.07. The van der Waals surface area contributed by atoms with Gasteiger partial charge in [0.15, 0.2) is 0 Å². The minimum absolute atomic E-state index is 0.0318. The second kappa shape index (κ2) is 5.86. The molecule has 0 saturated carbocycles. The quantitative estimate of drug-likeness (QED) is 0.360. The zero-order valence-corrected chi connectivity index (χ0v) is 13.3. The number of nitro benzene ring substituents is 1. The highest BCUT2D eigenvalue weighted by Crippen LogP contribution is 2.32. The molecule has 9 nitrogen and oxygen atoms in total. The number of carbonyl (C=O) groups excluding carboxylic acids is 3. The molecule has 2 heterocycles. The van der Waals surface area contributed by atoms with E-state index >= 15 is 0 Å². The number of aryl methyl sites for hydroxylation is 1. The summed E-state index contributed by atoms with van der Waals surface area (Å²) in [5, 5.41) is 11.1. The Balaban J connectivity index is 1.94. The van der Waals surface area contributed by atoms with Gasteiger partial charge in [0.1, 0.15) is 22.6 Å². The van der Waals surface area contributed by atoms with Gasteiger partial charge in [-0.2, -0.15) is 0 Å². The Morgan fingerprint density at radius 3 is 2.68 bits per heavy atom. The van der Waals surface area contributed by atoms with E-state index < -0.39 is 28.4 Å². The fraction of sp³-hybridized carbons (Fsp3) is 0.188. The van der Waals surface area contributed by atoms with E-state index in [-0.39, 0.29) is 34.8 Å². The monoisotopic (exact) mass is 344 g/mol. The summed E-state index contributed by atoms with van der Waals surface area (Å²) in [5.41, 5.74) is -0.519. The topological polar surface area (TPSA) is 120 Å². The molecule has 0 fully saturated rings. The van der Waals surface area contributed by atoms with Crippen molar-refractivity contribution >= 4 is 23.5 Å². The predicted octanol–water partition coefficient (Wildman–Crippen LogP) is 2.08. The molecule has 25 heavy (non-hydrogen) atoms. The lowest BCUT2D eigenvalue weighted by atomic mass is 10.1. The van der Waals surface area contributed by atoms with E-state index in [4.69, 9.17) is 4.42 Å². The number of furan rings is 1. The van der Waals surface area contributed by atoms with E-state index in [9.17, 15) is 24.5 Å². The van der Waals surface area contributed by atoms with E-state index in [1.54, 1.807) is 6.92 Å². The lowest BCUT2D eigenvalue weighted by molar-refractivity contribution is -0.385. The van der Waals surface area contributed by atoms with E-state index in [1.807, 2.05) is 0 Å². The van der Waals surface area contributed by atoms with Crippen LogP contribution in [0.4, 0.5) is 5.69 Å². The van der Waals surface area contributed by atoms with Crippen LogP contribution in [0.2, 0.25) is 0 Å².